The van der Waals surface area contributed by atoms with Gasteiger partial charge in [0.2, 0.25) is 0 Å². The van der Waals surface area contributed by atoms with Crippen molar-refractivity contribution < 1.29 is 9.47 Å². The molecule has 0 amide bonds. The number of benzene rings is 1. The standard InChI is InChI=1S/C19H28N6O2.HI/c1-4-20-19(22-14-9-10-15(26-2)16(12-14)27-3)21-13-18-24-23-17-8-6-5-7-11-25(17)18;/h9-10,12H,4-8,11,13H2,1-3H3,(H2,20,21,22);1H. The van der Waals surface area contributed by atoms with Gasteiger partial charge in [-0.2, -0.15) is 0 Å². The maximum absolute atomic E-state index is 5.36. The molecule has 2 N–H and O–H groups in total. The van der Waals surface area contributed by atoms with Crippen LogP contribution in [-0.2, 0) is 19.5 Å². The molecule has 0 aliphatic carbocycles. The lowest BCUT2D eigenvalue weighted by Gasteiger charge is -2.14. The van der Waals surface area contributed by atoms with Crippen LogP contribution in [0.1, 0.15) is 37.8 Å². The summed E-state index contributed by atoms with van der Waals surface area (Å²) in [6.07, 6.45) is 4.60. The topological polar surface area (TPSA) is 85.6 Å². The highest BCUT2D eigenvalue weighted by Gasteiger charge is 2.14. The number of fused-ring (bicyclic) bond motifs is 1. The minimum absolute atomic E-state index is 0. The SMILES string of the molecule is CCNC(=NCc1nnc2n1CCCCC2)Nc1ccc(OC)c(OC)c1.I. The van der Waals surface area contributed by atoms with Gasteiger partial charge in [-0.1, -0.05) is 6.42 Å². The number of nitrogens with one attached hydrogen (secondary N) is 2. The average Bonchev–Trinajstić information content (AvgIpc) is 2.92. The van der Waals surface area contributed by atoms with E-state index >= 15 is 0 Å². The number of nitrogens with zero attached hydrogens (tertiary/aromatic N) is 4. The van der Waals surface area contributed by atoms with Crippen LogP contribution in [0.15, 0.2) is 23.2 Å². The van der Waals surface area contributed by atoms with Gasteiger partial charge in [0.15, 0.2) is 23.3 Å². The van der Waals surface area contributed by atoms with Crippen molar-refractivity contribution >= 4 is 35.6 Å². The quantitative estimate of drug-likeness (QED) is 0.360. The van der Waals surface area contributed by atoms with Gasteiger partial charge in [0, 0.05) is 31.3 Å². The second-order valence-corrected chi connectivity index (χ2v) is 6.38. The van der Waals surface area contributed by atoms with Crippen molar-refractivity contribution in [2.75, 3.05) is 26.1 Å². The molecule has 1 aromatic carbocycles. The van der Waals surface area contributed by atoms with Crippen LogP contribution >= 0.6 is 24.0 Å². The maximum Gasteiger partial charge on any atom is 0.196 e. The van der Waals surface area contributed by atoms with Gasteiger partial charge in [-0.3, -0.25) is 0 Å². The Labute approximate surface area is 183 Å². The molecule has 1 aromatic heterocycles. The molecule has 9 heteroatoms. The minimum atomic E-state index is 0. The van der Waals surface area contributed by atoms with Crippen molar-refractivity contribution in [3.8, 4) is 11.5 Å². The summed E-state index contributed by atoms with van der Waals surface area (Å²) in [4.78, 5) is 4.69. The molecule has 28 heavy (non-hydrogen) atoms. The summed E-state index contributed by atoms with van der Waals surface area (Å²) in [5, 5.41) is 15.2. The zero-order valence-corrected chi connectivity index (χ0v) is 19.0. The summed E-state index contributed by atoms with van der Waals surface area (Å²) in [6.45, 7) is 4.26. The third-order valence-corrected chi connectivity index (χ3v) is 4.56. The van der Waals surface area contributed by atoms with E-state index in [1.807, 2.05) is 25.1 Å². The molecule has 1 aliphatic heterocycles. The van der Waals surface area contributed by atoms with Crippen molar-refractivity contribution in [3.63, 3.8) is 0 Å². The summed E-state index contributed by atoms with van der Waals surface area (Å²) in [6, 6.07) is 5.68. The van der Waals surface area contributed by atoms with Crippen LogP contribution in [0.25, 0.3) is 0 Å². The van der Waals surface area contributed by atoms with E-state index in [2.05, 4.69) is 30.4 Å². The Kier molecular flexibility index (Phi) is 8.81. The van der Waals surface area contributed by atoms with Gasteiger partial charge in [0.05, 0.1) is 14.2 Å². The van der Waals surface area contributed by atoms with Crippen LogP contribution in [0, 0.1) is 0 Å². The third-order valence-electron chi connectivity index (χ3n) is 4.56. The van der Waals surface area contributed by atoms with Crippen molar-refractivity contribution in [3.05, 3.63) is 29.8 Å². The van der Waals surface area contributed by atoms with Gasteiger partial charge in [-0.05, 0) is 31.9 Å². The number of halogens is 1. The first kappa shape index (κ1) is 22.3. The number of aromatic nitrogens is 3. The van der Waals surface area contributed by atoms with Crippen molar-refractivity contribution in [2.24, 2.45) is 4.99 Å². The van der Waals surface area contributed by atoms with Crippen molar-refractivity contribution in [1.29, 1.82) is 0 Å². The van der Waals surface area contributed by atoms with E-state index in [1.165, 1.54) is 19.3 Å². The number of hydrogen-bond donors (Lipinski definition) is 2. The maximum atomic E-state index is 5.36. The Morgan fingerprint density at radius 2 is 1.96 bits per heavy atom. The van der Waals surface area contributed by atoms with E-state index in [1.54, 1.807) is 14.2 Å². The zero-order chi connectivity index (χ0) is 19.1. The van der Waals surface area contributed by atoms with Crippen molar-refractivity contribution in [1.82, 2.24) is 20.1 Å². The number of anilines is 1. The molecule has 0 saturated carbocycles. The first-order valence-electron chi connectivity index (χ1n) is 9.43. The van der Waals surface area contributed by atoms with E-state index in [0.29, 0.717) is 24.0 Å². The lowest BCUT2D eigenvalue weighted by atomic mass is 10.2. The van der Waals surface area contributed by atoms with Gasteiger partial charge in [0.25, 0.3) is 0 Å². The predicted molar refractivity (Wildman–Crippen MR) is 121 cm³/mol. The molecule has 2 aromatic rings. The molecule has 0 fully saturated rings. The lowest BCUT2D eigenvalue weighted by Crippen LogP contribution is -2.30. The Bertz CT molecular complexity index is 793. The highest BCUT2D eigenvalue weighted by Crippen LogP contribution is 2.29. The van der Waals surface area contributed by atoms with Gasteiger partial charge in [-0.15, -0.1) is 34.2 Å². The molecular weight excluding hydrogens is 471 g/mol. The number of aliphatic imine (C=N–C) groups is 1. The summed E-state index contributed by atoms with van der Waals surface area (Å²) < 4.78 is 12.9. The molecule has 0 unspecified atom stereocenters. The second kappa shape index (κ2) is 11.1. The summed E-state index contributed by atoms with van der Waals surface area (Å²) in [5.41, 5.74) is 0.868. The average molecular weight is 500 g/mol. The number of rotatable bonds is 6. The normalized spacial score (nSPS) is 13.8. The summed E-state index contributed by atoms with van der Waals surface area (Å²) in [7, 11) is 3.25. The fourth-order valence-corrected chi connectivity index (χ4v) is 3.17. The van der Waals surface area contributed by atoms with Crippen LogP contribution in [-0.4, -0.2) is 41.5 Å². The zero-order valence-electron chi connectivity index (χ0n) is 16.7. The largest absolute Gasteiger partial charge is 0.493 e. The number of guanidine groups is 1. The smallest absolute Gasteiger partial charge is 0.196 e. The molecule has 0 spiro atoms. The van der Waals surface area contributed by atoms with E-state index in [0.717, 1.165) is 36.8 Å². The Morgan fingerprint density at radius 3 is 2.71 bits per heavy atom. The molecule has 154 valence electrons. The molecule has 0 radical (unpaired) electrons. The molecule has 2 heterocycles. The van der Waals surface area contributed by atoms with E-state index in [9.17, 15) is 0 Å². The predicted octanol–water partition coefficient (Wildman–Crippen LogP) is 3.22. The van der Waals surface area contributed by atoms with Gasteiger partial charge >= 0.3 is 0 Å². The van der Waals surface area contributed by atoms with Crippen LogP contribution < -0.4 is 20.1 Å². The molecule has 0 bridgehead atoms. The third kappa shape index (κ3) is 5.49. The van der Waals surface area contributed by atoms with E-state index < -0.39 is 0 Å². The Balaban J connectivity index is 0.00000280. The first-order valence-corrected chi connectivity index (χ1v) is 9.43. The first-order chi connectivity index (χ1) is 13.2. The number of aryl methyl sites for hydroxylation is 1. The highest BCUT2D eigenvalue weighted by molar-refractivity contribution is 14.0. The number of methoxy groups -OCH3 is 2. The Hall–Kier alpha value is -2.04. The molecular formula is C19H29IN6O2. The molecule has 0 atom stereocenters. The fraction of sp³-hybridized carbons (Fsp3) is 0.526. The highest BCUT2D eigenvalue weighted by atomic mass is 127. The molecule has 1 aliphatic rings. The summed E-state index contributed by atoms with van der Waals surface area (Å²) >= 11 is 0. The van der Waals surface area contributed by atoms with Crippen LogP contribution in [0.2, 0.25) is 0 Å². The van der Waals surface area contributed by atoms with Crippen LogP contribution in [0.5, 0.6) is 11.5 Å². The van der Waals surface area contributed by atoms with Crippen LogP contribution in [0.3, 0.4) is 0 Å². The molecule has 3 rings (SSSR count). The molecule has 0 saturated heterocycles. The number of ether oxygens (including phenoxy) is 2. The van der Waals surface area contributed by atoms with Crippen LogP contribution in [0.4, 0.5) is 5.69 Å². The number of hydrogen-bond acceptors (Lipinski definition) is 5. The van der Waals surface area contributed by atoms with E-state index in [4.69, 9.17) is 9.47 Å². The second-order valence-electron chi connectivity index (χ2n) is 6.38. The van der Waals surface area contributed by atoms with Gasteiger partial charge in [-0.25, -0.2) is 4.99 Å². The van der Waals surface area contributed by atoms with Gasteiger partial charge < -0.3 is 24.7 Å². The summed E-state index contributed by atoms with van der Waals surface area (Å²) in [5.74, 6) is 4.04. The lowest BCUT2D eigenvalue weighted by molar-refractivity contribution is 0.355. The molecule has 8 nitrogen and oxygen atoms in total. The monoisotopic (exact) mass is 500 g/mol. The van der Waals surface area contributed by atoms with E-state index in [-0.39, 0.29) is 24.0 Å². The van der Waals surface area contributed by atoms with Gasteiger partial charge in [0.1, 0.15) is 12.4 Å². The minimum Gasteiger partial charge on any atom is -0.493 e. The Morgan fingerprint density at radius 1 is 1.14 bits per heavy atom. The fourth-order valence-electron chi connectivity index (χ4n) is 3.17. The van der Waals surface area contributed by atoms with Crippen molar-refractivity contribution in [2.45, 2.75) is 45.7 Å².